The van der Waals surface area contributed by atoms with E-state index in [-0.39, 0.29) is 11.9 Å². The van der Waals surface area contributed by atoms with Crippen molar-refractivity contribution in [3.05, 3.63) is 71.1 Å². The number of hydrogen-bond donors (Lipinski definition) is 1. The minimum atomic E-state index is -0.128. The standard InChI is InChI=1S/C19H18ClN3O2S/c20-15-8-10-16(11-9-15)26-12-4-7-17(24)21-19-23-22-18(25-19)13-14-5-2-1-3-6-14/h1-3,5-6,8-11H,4,7,12-13H2,(H,21,23,24). The van der Waals surface area contributed by atoms with Crippen LogP contribution in [0.1, 0.15) is 24.3 Å². The molecule has 0 atom stereocenters. The van der Waals surface area contributed by atoms with E-state index in [1.807, 2.05) is 54.6 Å². The number of amides is 1. The molecule has 134 valence electrons. The van der Waals surface area contributed by atoms with Crippen LogP contribution in [-0.2, 0) is 11.2 Å². The Morgan fingerprint density at radius 2 is 1.85 bits per heavy atom. The van der Waals surface area contributed by atoms with E-state index in [1.165, 1.54) is 0 Å². The Hall–Kier alpha value is -2.31. The minimum absolute atomic E-state index is 0.128. The van der Waals surface area contributed by atoms with E-state index in [0.717, 1.165) is 27.7 Å². The molecule has 1 aromatic heterocycles. The van der Waals surface area contributed by atoms with Crippen molar-refractivity contribution in [1.29, 1.82) is 0 Å². The summed E-state index contributed by atoms with van der Waals surface area (Å²) < 4.78 is 5.47. The van der Waals surface area contributed by atoms with Gasteiger partial charge in [0.15, 0.2) is 0 Å². The van der Waals surface area contributed by atoms with Crippen molar-refractivity contribution < 1.29 is 9.21 Å². The summed E-state index contributed by atoms with van der Waals surface area (Å²) in [6.45, 7) is 0. The van der Waals surface area contributed by atoms with Gasteiger partial charge in [-0.05, 0) is 42.0 Å². The Kier molecular flexibility index (Phi) is 6.68. The molecule has 0 saturated heterocycles. The van der Waals surface area contributed by atoms with E-state index < -0.39 is 0 Å². The van der Waals surface area contributed by atoms with Crippen molar-refractivity contribution in [3.8, 4) is 0 Å². The van der Waals surface area contributed by atoms with Crippen LogP contribution in [0, 0.1) is 0 Å². The number of rotatable bonds is 8. The van der Waals surface area contributed by atoms with Crippen molar-refractivity contribution in [2.45, 2.75) is 24.2 Å². The molecule has 2 aromatic carbocycles. The molecule has 3 rings (SSSR count). The van der Waals surface area contributed by atoms with Gasteiger partial charge in [0.1, 0.15) is 0 Å². The number of halogens is 1. The third-order valence-electron chi connectivity index (χ3n) is 3.54. The zero-order valence-electron chi connectivity index (χ0n) is 14.0. The Labute approximate surface area is 161 Å². The first-order chi connectivity index (χ1) is 12.7. The quantitative estimate of drug-likeness (QED) is 0.443. The van der Waals surface area contributed by atoms with Gasteiger partial charge in [0.2, 0.25) is 11.8 Å². The van der Waals surface area contributed by atoms with Crippen LogP contribution in [0.2, 0.25) is 5.02 Å². The molecule has 0 bridgehead atoms. The van der Waals surface area contributed by atoms with Gasteiger partial charge < -0.3 is 4.42 Å². The van der Waals surface area contributed by atoms with E-state index >= 15 is 0 Å². The van der Waals surface area contributed by atoms with Crippen LogP contribution in [0.25, 0.3) is 0 Å². The molecule has 1 N–H and O–H groups in total. The topological polar surface area (TPSA) is 68.0 Å². The van der Waals surface area contributed by atoms with E-state index in [2.05, 4.69) is 15.5 Å². The van der Waals surface area contributed by atoms with Crippen LogP contribution in [-0.4, -0.2) is 21.9 Å². The lowest BCUT2D eigenvalue weighted by Crippen LogP contribution is -2.11. The number of aromatic nitrogens is 2. The maximum Gasteiger partial charge on any atom is 0.322 e. The first-order valence-corrected chi connectivity index (χ1v) is 9.60. The van der Waals surface area contributed by atoms with Crippen LogP contribution in [0.5, 0.6) is 0 Å². The summed E-state index contributed by atoms with van der Waals surface area (Å²) >= 11 is 7.55. The average molecular weight is 388 g/mol. The monoisotopic (exact) mass is 387 g/mol. The summed E-state index contributed by atoms with van der Waals surface area (Å²) in [4.78, 5) is 13.1. The van der Waals surface area contributed by atoms with Gasteiger partial charge in [0.05, 0.1) is 6.42 Å². The molecular weight excluding hydrogens is 370 g/mol. The average Bonchev–Trinajstić information content (AvgIpc) is 3.08. The van der Waals surface area contributed by atoms with E-state index in [1.54, 1.807) is 11.8 Å². The molecule has 0 spiro atoms. The summed E-state index contributed by atoms with van der Waals surface area (Å²) in [5, 5.41) is 11.2. The molecule has 26 heavy (non-hydrogen) atoms. The molecule has 5 nitrogen and oxygen atoms in total. The van der Waals surface area contributed by atoms with E-state index in [0.29, 0.717) is 18.7 Å². The highest BCUT2D eigenvalue weighted by molar-refractivity contribution is 7.99. The number of hydrogen-bond acceptors (Lipinski definition) is 5. The fraction of sp³-hybridized carbons (Fsp3) is 0.211. The number of thioether (sulfide) groups is 1. The molecule has 1 amide bonds. The molecule has 0 radical (unpaired) electrons. The minimum Gasteiger partial charge on any atom is -0.407 e. The number of benzene rings is 2. The van der Waals surface area contributed by atoms with Crippen LogP contribution in [0.4, 0.5) is 6.01 Å². The van der Waals surface area contributed by atoms with Crippen molar-refractivity contribution in [2.75, 3.05) is 11.1 Å². The van der Waals surface area contributed by atoms with E-state index in [4.69, 9.17) is 16.0 Å². The first-order valence-electron chi connectivity index (χ1n) is 8.23. The number of nitrogens with zero attached hydrogens (tertiary/aromatic N) is 2. The van der Waals surface area contributed by atoms with E-state index in [9.17, 15) is 4.79 Å². The maximum absolute atomic E-state index is 12.0. The number of carbonyl (C=O) groups excluding carboxylic acids is 1. The second-order valence-corrected chi connectivity index (χ2v) is 7.22. The molecule has 0 aliphatic heterocycles. The van der Waals surface area contributed by atoms with Crippen molar-refractivity contribution in [1.82, 2.24) is 10.2 Å². The number of anilines is 1. The van der Waals surface area contributed by atoms with Gasteiger partial charge in [-0.3, -0.25) is 10.1 Å². The van der Waals surface area contributed by atoms with Crippen molar-refractivity contribution in [3.63, 3.8) is 0 Å². The van der Waals surface area contributed by atoms with Gasteiger partial charge >= 0.3 is 6.01 Å². The zero-order chi connectivity index (χ0) is 18.2. The second kappa shape index (κ2) is 9.40. The summed E-state index contributed by atoms with van der Waals surface area (Å²) in [6, 6.07) is 17.6. The van der Waals surface area contributed by atoms with Crippen molar-refractivity contribution in [2.24, 2.45) is 0 Å². The van der Waals surface area contributed by atoms with Crippen molar-refractivity contribution >= 4 is 35.3 Å². The lowest BCUT2D eigenvalue weighted by molar-refractivity contribution is -0.116. The first kappa shape index (κ1) is 18.5. The zero-order valence-corrected chi connectivity index (χ0v) is 15.6. The Balaban J connectivity index is 1.39. The lowest BCUT2D eigenvalue weighted by atomic mass is 10.2. The SMILES string of the molecule is O=C(CCCSc1ccc(Cl)cc1)Nc1nnc(Cc2ccccc2)o1. The third-order valence-corrected chi connectivity index (χ3v) is 4.89. The second-order valence-electron chi connectivity index (χ2n) is 5.62. The highest BCUT2D eigenvalue weighted by atomic mass is 35.5. The fourth-order valence-electron chi connectivity index (χ4n) is 2.28. The molecule has 0 saturated carbocycles. The fourth-order valence-corrected chi connectivity index (χ4v) is 3.26. The van der Waals surface area contributed by atoms with Crippen LogP contribution < -0.4 is 5.32 Å². The Morgan fingerprint density at radius 1 is 1.08 bits per heavy atom. The predicted molar refractivity (Wildman–Crippen MR) is 104 cm³/mol. The molecule has 7 heteroatoms. The van der Waals surface area contributed by atoms with Gasteiger partial charge in [0, 0.05) is 16.3 Å². The van der Waals surface area contributed by atoms with Gasteiger partial charge in [-0.1, -0.05) is 47.0 Å². The van der Waals surface area contributed by atoms with Crippen LogP contribution in [0.15, 0.2) is 63.9 Å². The highest BCUT2D eigenvalue weighted by Crippen LogP contribution is 2.21. The van der Waals surface area contributed by atoms with Gasteiger partial charge in [-0.15, -0.1) is 16.9 Å². The lowest BCUT2D eigenvalue weighted by Gasteiger charge is -2.02. The molecular formula is C19H18ClN3O2S. The summed E-state index contributed by atoms with van der Waals surface area (Å²) in [7, 11) is 0. The van der Waals surface area contributed by atoms with Crippen LogP contribution >= 0.6 is 23.4 Å². The molecule has 3 aromatic rings. The molecule has 0 unspecified atom stereocenters. The maximum atomic E-state index is 12.0. The summed E-state index contributed by atoms with van der Waals surface area (Å²) in [5.41, 5.74) is 1.08. The van der Waals surface area contributed by atoms with Crippen LogP contribution in [0.3, 0.4) is 0 Å². The van der Waals surface area contributed by atoms with Gasteiger partial charge in [0.25, 0.3) is 0 Å². The van der Waals surface area contributed by atoms with Gasteiger partial charge in [-0.25, -0.2) is 0 Å². The molecule has 0 aliphatic rings. The molecule has 0 fully saturated rings. The Morgan fingerprint density at radius 3 is 2.62 bits per heavy atom. The largest absolute Gasteiger partial charge is 0.407 e. The molecule has 0 aliphatic carbocycles. The number of nitrogens with one attached hydrogen (secondary N) is 1. The summed E-state index contributed by atoms with van der Waals surface area (Å²) in [6.07, 6.45) is 1.70. The predicted octanol–water partition coefficient (Wildman–Crippen LogP) is 4.82. The third kappa shape index (κ3) is 5.89. The number of carbonyl (C=O) groups is 1. The summed E-state index contributed by atoms with van der Waals surface area (Å²) in [5.74, 6) is 1.19. The van der Waals surface area contributed by atoms with Gasteiger partial charge in [-0.2, -0.15) is 0 Å². The molecule has 1 heterocycles. The normalized spacial score (nSPS) is 10.7. The highest BCUT2D eigenvalue weighted by Gasteiger charge is 2.10. The smallest absolute Gasteiger partial charge is 0.322 e. The Bertz CT molecular complexity index is 838.